The van der Waals surface area contributed by atoms with Crippen LogP contribution < -0.4 is 0 Å². The second-order valence-corrected chi connectivity index (χ2v) is 6.80. The van der Waals surface area contributed by atoms with Crippen LogP contribution >= 0.6 is 0 Å². The number of hydrogen-bond acceptors (Lipinski definition) is 6. The number of benzene rings is 1. The number of hydrogen-bond donors (Lipinski definition) is 0. The number of ketones is 1. The summed E-state index contributed by atoms with van der Waals surface area (Å²) in [6.45, 7) is 1.92. The van der Waals surface area contributed by atoms with E-state index in [-0.39, 0.29) is 24.8 Å². The molecule has 1 aromatic heterocycles. The molecule has 2 aromatic rings. The molecule has 0 bridgehead atoms. The molecule has 1 fully saturated rings. The van der Waals surface area contributed by atoms with Gasteiger partial charge in [0.05, 0.1) is 23.9 Å². The Balaban J connectivity index is 1.31. The van der Waals surface area contributed by atoms with Crippen molar-refractivity contribution in [3.05, 3.63) is 59.5 Å². The first kappa shape index (κ1) is 18.1. The molecule has 0 aliphatic carbocycles. The van der Waals surface area contributed by atoms with E-state index in [9.17, 15) is 19.2 Å². The summed E-state index contributed by atoms with van der Waals surface area (Å²) in [5, 5.41) is 0. The Labute approximate surface area is 161 Å². The van der Waals surface area contributed by atoms with Crippen molar-refractivity contribution in [1.29, 1.82) is 0 Å². The number of carbonyl (C=O) groups excluding carboxylic acids is 4. The van der Waals surface area contributed by atoms with Gasteiger partial charge in [0.15, 0.2) is 5.76 Å². The lowest BCUT2D eigenvalue weighted by molar-refractivity contribution is -0.133. The van der Waals surface area contributed by atoms with E-state index in [4.69, 9.17) is 4.42 Å². The molecule has 144 valence electrons. The maximum absolute atomic E-state index is 12.6. The van der Waals surface area contributed by atoms with E-state index in [1.54, 1.807) is 41.3 Å². The zero-order valence-electron chi connectivity index (χ0n) is 15.2. The third-order valence-corrected chi connectivity index (χ3v) is 5.06. The third kappa shape index (κ3) is 3.34. The van der Waals surface area contributed by atoms with Crippen LogP contribution in [-0.4, -0.2) is 77.5 Å². The van der Waals surface area contributed by atoms with Gasteiger partial charge in [0.25, 0.3) is 11.8 Å². The zero-order chi connectivity index (χ0) is 19.7. The summed E-state index contributed by atoms with van der Waals surface area (Å²) in [5.74, 6) is -0.917. The minimum Gasteiger partial charge on any atom is -0.461 e. The maximum Gasteiger partial charge on any atom is 0.262 e. The highest BCUT2D eigenvalue weighted by Crippen LogP contribution is 2.22. The summed E-state index contributed by atoms with van der Waals surface area (Å²) in [6, 6.07) is 9.87. The predicted octanol–water partition coefficient (Wildman–Crippen LogP) is 0.903. The van der Waals surface area contributed by atoms with Crippen molar-refractivity contribution in [3.63, 3.8) is 0 Å². The average Bonchev–Trinajstić information content (AvgIpc) is 3.33. The quantitative estimate of drug-likeness (QED) is 0.565. The number of nitrogens with zero attached hydrogens (tertiary/aromatic N) is 3. The highest BCUT2D eigenvalue weighted by Gasteiger charge is 2.37. The van der Waals surface area contributed by atoms with Gasteiger partial charge in [-0.15, -0.1) is 0 Å². The van der Waals surface area contributed by atoms with Crippen LogP contribution in [0.2, 0.25) is 0 Å². The van der Waals surface area contributed by atoms with Crippen molar-refractivity contribution in [2.75, 3.05) is 39.3 Å². The van der Waals surface area contributed by atoms with E-state index in [1.807, 2.05) is 4.90 Å². The number of rotatable bonds is 5. The van der Waals surface area contributed by atoms with Gasteiger partial charge in [0.2, 0.25) is 11.7 Å². The van der Waals surface area contributed by atoms with Crippen LogP contribution in [0.5, 0.6) is 0 Å². The monoisotopic (exact) mass is 381 g/mol. The molecular weight excluding hydrogens is 362 g/mol. The van der Waals surface area contributed by atoms with Crippen LogP contribution in [0.15, 0.2) is 47.1 Å². The fraction of sp³-hybridized carbons (Fsp3) is 0.300. The van der Waals surface area contributed by atoms with Crippen LogP contribution in [0.4, 0.5) is 0 Å². The second-order valence-electron chi connectivity index (χ2n) is 6.80. The number of imide groups is 1. The Morgan fingerprint density at radius 1 is 0.857 bits per heavy atom. The molecule has 8 heteroatoms. The van der Waals surface area contributed by atoms with Gasteiger partial charge < -0.3 is 9.32 Å². The van der Waals surface area contributed by atoms with Crippen molar-refractivity contribution < 1.29 is 23.6 Å². The summed E-state index contributed by atoms with van der Waals surface area (Å²) in [7, 11) is 0. The largest absolute Gasteiger partial charge is 0.461 e. The SMILES string of the molecule is O=C(CN1CCN(C(=O)CN2C(=O)c3ccccc3C2=O)CC1)c1ccco1. The molecule has 3 heterocycles. The summed E-state index contributed by atoms with van der Waals surface area (Å²) in [4.78, 5) is 54.1. The molecule has 8 nitrogen and oxygen atoms in total. The number of furan rings is 1. The molecule has 2 aliphatic rings. The molecule has 0 spiro atoms. The van der Waals surface area contributed by atoms with Crippen LogP contribution in [0, 0.1) is 0 Å². The van der Waals surface area contributed by atoms with E-state index in [1.165, 1.54) is 6.26 Å². The smallest absolute Gasteiger partial charge is 0.262 e. The second kappa shape index (κ2) is 7.40. The molecule has 3 amide bonds. The Morgan fingerprint density at radius 3 is 2.07 bits per heavy atom. The molecule has 0 atom stereocenters. The van der Waals surface area contributed by atoms with E-state index in [0.717, 1.165) is 4.90 Å². The fourth-order valence-electron chi connectivity index (χ4n) is 3.49. The van der Waals surface area contributed by atoms with Gasteiger partial charge in [-0.25, -0.2) is 0 Å². The minimum absolute atomic E-state index is 0.101. The Morgan fingerprint density at radius 2 is 1.50 bits per heavy atom. The number of piperazine rings is 1. The van der Waals surface area contributed by atoms with Crippen LogP contribution in [0.1, 0.15) is 31.3 Å². The summed E-state index contributed by atoms with van der Waals surface area (Å²) in [6.07, 6.45) is 1.46. The lowest BCUT2D eigenvalue weighted by atomic mass is 10.1. The molecular formula is C20H19N3O5. The molecule has 0 radical (unpaired) electrons. The molecule has 1 saturated heterocycles. The average molecular weight is 381 g/mol. The molecule has 0 unspecified atom stereocenters. The summed E-state index contributed by atoms with van der Waals surface area (Å²) < 4.78 is 5.11. The molecule has 2 aliphatic heterocycles. The van der Waals surface area contributed by atoms with Gasteiger partial charge in [-0.2, -0.15) is 0 Å². The highest BCUT2D eigenvalue weighted by molar-refractivity contribution is 6.22. The molecule has 28 heavy (non-hydrogen) atoms. The Kier molecular flexibility index (Phi) is 4.79. The topological polar surface area (TPSA) is 91.1 Å². The number of carbonyl (C=O) groups is 4. The summed E-state index contributed by atoms with van der Waals surface area (Å²) >= 11 is 0. The molecule has 0 saturated carbocycles. The van der Waals surface area contributed by atoms with Crippen LogP contribution in [0.3, 0.4) is 0 Å². The lowest BCUT2D eigenvalue weighted by Gasteiger charge is -2.34. The third-order valence-electron chi connectivity index (χ3n) is 5.06. The van der Waals surface area contributed by atoms with Gasteiger partial charge in [0, 0.05) is 26.2 Å². The Bertz CT molecular complexity index is 894. The van der Waals surface area contributed by atoms with Gasteiger partial charge in [-0.1, -0.05) is 12.1 Å². The van der Waals surface area contributed by atoms with Gasteiger partial charge in [-0.05, 0) is 24.3 Å². The zero-order valence-corrected chi connectivity index (χ0v) is 15.2. The van der Waals surface area contributed by atoms with E-state index >= 15 is 0 Å². The maximum atomic E-state index is 12.6. The van der Waals surface area contributed by atoms with Crippen molar-refractivity contribution in [3.8, 4) is 0 Å². The Hall–Kier alpha value is -3.26. The highest BCUT2D eigenvalue weighted by atomic mass is 16.3. The van der Waals surface area contributed by atoms with Crippen LogP contribution in [0.25, 0.3) is 0 Å². The van der Waals surface area contributed by atoms with E-state index in [2.05, 4.69) is 0 Å². The first-order valence-corrected chi connectivity index (χ1v) is 9.06. The number of amides is 3. The normalized spacial score (nSPS) is 17.1. The van der Waals surface area contributed by atoms with Gasteiger partial charge >= 0.3 is 0 Å². The first-order valence-electron chi connectivity index (χ1n) is 9.06. The van der Waals surface area contributed by atoms with Gasteiger partial charge in [-0.3, -0.25) is 29.0 Å². The van der Waals surface area contributed by atoms with Crippen LogP contribution in [-0.2, 0) is 4.79 Å². The van der Waals surface area contributed by atoms with Crippen molar-refractivity contribution in [2.45, 2.75) is 0 Å². The molecule has 0 N–H and O–H groups in total. The first-order chi connectivity index (χ1) is 13.5. The molecule has 4 rings (SSSR count). The predicted molar refractivity (Wildman–Crippen MR) is 97.9 cm³/mol. The lowest BCUT2D eigenvalue weighted by Crippen LogP contribution is -2.52. The standard InChI is InChI=1S/C20H19N3O5/c24-16(17-6-3-11-28-17)12-21-7-9-22(10-8-21)18(25)13-23-19(26)14-4-1-2-5-15(14)20(23)27/h1-6,11H,7-10,12-13H2. The summed E-state index contributed by atoms with van der Waals surface area (Å²) in [5.41, 5.74) is 0.670. The van der Waals surface area contributed by atoms with Crippen molar-refractivity contribution in [1.82, 2.24) is 14.7 Å². The minimum atomic E-state index is -0.434. The number of fused-ring (bicyclic) bond motifs is 1. The van der Waals surface area contributed by atoms with E-state index in [0.29, 0.717) is 43.1 Å². The van der Waals surface area contributed by atoms with Crippen molar-refractivity contribution >= 4 is 23.5 Å². The van der Waals surface area contributed by atoms with Crippen molar-refractivity contribution in [2.24, 2.45) is 0 Å². The fourth-order valence-corrected chi connectivity index (χ4v) is 3.49. The number of Topliss-reactive ketones (excluding diaryl/α,β-unsaturated/α-hetero) is 1. The molecule has 1 aromatic carbocycles. The van der Waals surface area contributed by atoms with E-state index < -0.39 is 11.8 Å². The van der Waals surface area contributed by atoms with Gasteiger partial charge in [0.1, 0.15) is 6.54 Å².